The Morgan fingerprint density at radius 1 is 1.37 bits per heavy atom. The first-order valence-corrected chi connectivity index (χ1v) is 7.49. The van der Waals surface area contributed by atoms with Crippen molar-refractivity contribution in [2.45, 2.75) is 46.2 Å². The molecule has 0 saturated carbocycles. The van der Waals surface area contributed by atoms with Crippen LogP contribution in [0.3, 0.4) is 0 Å². The predicted octanol–water partition coefficient (Wildman–Crippen LogP) is 2.53. The van der Waals surface area contributed by atoms with E-state index in [4.69, 9.17) is 11.6 Å². The fraction of sp³-hybridized carbons (Fsp3) is 0.714. The Morgan fingerprint density at radius 2 is 2.05 bits per heavy atom. The van der Waals surface area contributed by atoms with Crippen LogP contribution in [0.2, 0.25) is 5.02 Å². The molecule has 1 saturated heterocycles. The molecule has 1 aliphatic rings. The van der Waals surface area contributed by atoms with Crippen LogP contribution in [0.1, 0.15) is 38.1 Å². The fourth-order valence-corrected chi connectivity index (χ4v) is 2.96. The molecule has 0 bridgehead atoms. The Bertz CT molecular complexity index is 436. The Morgan fingerprint density at radius 3 is 2.58 bits per heavy atom. The number of aldehydes is 1. The standard InChI is InChI=1S/C14H22ClN3O/c1-3-12-14(15)13(18(4-2)16-12)9-17-7-5-11(10-19)6-8-17/h10-11H,3-9H2,1-2H3. The van der Waals surface area contributed by atoms with E-state index in [9.17, 15) is 4.79 Å². The van der Waals surface area contributed by atoms with Gasteiger partial charge in [0, 0.05) is 19.0 Å². The number of carbonyl (C=O) groups is 1. The van der Waals surface area contributed by atoms with Crippen LogP contribution in [-0.4, -0.2) is 34.1 Å². The summed E-state index contributed by atoms with van der Waals surface area (Å²) < 4.78 is 2.01. The molecule has 0 aliphatic carbocycles. The van der Waals surface area contributed by atoms with Crippen molar-refractivity contribution < 1.29 is 4.79 Å². The highest BCUT2D eigenvalue weighted by Gasteiger charge is 2.22. The number of hydrogen-bond acceptors (Lipinski definition) is 3. The van der Waals surface area contributed by atoms with Crippen LogP contribution < -0.4 is 0 Å². The molecular weight excluding hydrogens is 262 g/mol. The molecule has 1 aromatic rings. The molecule has 1 aromatic heterocycles. The zero-order chi connectivity index (χ0) is 13.8. The Balaban J connectivity index is 2.06. The van der Waals surface area contributed by atoms with Crippen molar-refractivity contribution in [1.82, 2.24) is 14.7 Å². The van der Waals surface area contributed by atoms with Gasteiger partial charge in [0.2, 0.25) is 0 Å². The molecule has 4 nitrogen and oxygen atoms in total. The van der Waals surface area contributed by atoms with Crippen molar-refractivity contribution in [1.29, 1.82) is 0 Å². The van der Waals surface area contributed by atoms with E-state index in [0.717, 1.165) is 68.1 Å². The first-order chi connectivity index (χ1) is 9.19. The summed E-state index contributed by atoms with van der Waals surface area (Å²) in [7, 11) is 0. The normalized spacial score (nSPS) is 17.8. The highest BCUT2D eigenvalue weighted by molar-refractivity contribution is 6.31. The Kier molecular flexibility index (Phi) is 4.99. The first kappa shape index (κ1) is 14.5. The van der Waals surface area contributed by atoms with Gasteiger partial charge in [0.05, 0.1) is 16.4 Å². The maximum Gasteiger partial charge on any atom is 0.123 e. The monoisotopic (exact) mass is 283 g/mol. The van der Waals surface area contributed by atoms with E-state index in [-0.39, 0.29) is 5.92 Å². The van der Waals surface area contributed by atoms with E-state index in [2.05, 4.69) is 23.8 Å². The number of rotatable bonds is 5. The lowest BCUT2D eigenvalue weighted by atomic mass is 9.98. The lowest BCUT2D eigenvalue weighted by Gasteiger charge is -2.29. The summed E-state index contributed by atoms with van der Waals surface area (Å²) in [5.74, 6) is 0.244. The van der Waals surface area contributed by atoms with Gasteiger partial charge < -0.3 is 4.79 Å². The van der Waals surface area contributed by atoms with Crippen molar-refractivity contribution in [2.75, 3.05) is 13.1 Å². The van der Waals surface area contributed by atoms with Crippen LogP contribution in [0.15, 0.2) is 0 Å². The molecule has 0 unspecified atom stereocenters. The molecule has 2 heterocycles. The number of aromatic nitrogens is 2. The molecule has 2 rings (SSSR count). The number of halogens is 1. The average molecular weight is 284 g/mol. The molecule has 1 fully saturated rings. The molecule has 1 aliphatic heterocycles. The number of piperidine rings is 1. The second-order valence-corrected chi connectivity index (χ2v) is 5.50. The number of carbonyl (C=O) groups excluding carboxylic acids is 1. The molecule has 0 atom stereocenters. The maximum absolute atomic E-state index is 10.8. The van der Waals surface area contributed by atoms with Crippen molar-refractivity contribution in [3.05, 3.63) is 16.4 Å². The molecule has 0 amide bonds. The second kappa shape index (κ2) is 6.53. The van der Waals surface area contributed by atoms with Gasteiger partial charge in [-0.3, -0.25) is 9.58 Å². The summed E-state index contributed by atoms with van der Waals surface area (Å²) in [5, 5.41) is 5.37. The van der Waals surface area contributed by atoms with E-state index < -0.39 is 0 Å². The van der Waals surface area contributed by atoms with Gasteiger partial charge in [-0.1, -0.05) is 18.5 Å². The highest BCUT2D eigenvalue weighted by Crippen LogP contribution is 2.25. The summed E-state index contributed by atoms with van der Waals surface area (Å²) in [6, 6.07) is 0. The molecule has 0 aromatic carbocycles. The summed E-state index contributed by atoms with van der Waals surface area (Å²) in [6.45, 7) is 7.79. The lowest BCUT2D eigenvalue weighted by molar-refractivity contribution is -0.112. The third-order valence-electron chi connectivity index (χ3n) is 3.89. The number of aryl methyl sites for hydroxylation is 2. The van der Waals surface area contributed by atoms with E-state index in [1.807, 2.05) is 4.68 Å². The van der Waals surface area contributed by atoms with Crippen molar-refractivity contribution >= 4 is 17.9 Å². The largest absolute Gasteiger partial charge is 0.303 e. The van der Waals surface area contributed by atoms with Crippen molar-refractivity contribution in [3.63, 3.8) is 0 Å². The quantitative estimate of drug-likeness (QED) is 0.780. The van der Waals surface area contributed by atoms with Gasteiger partial charge >= 0.3 is 0 Å². The van der Waals surface area contributed by atoms with Crippen LogP contribution in [0.25, 0.3) is 0 Å². The van der Waals surface area contributed by atoms with Gasteiger partial charge in [0.1, 0.15) is 6.29 Å². The van der Waals surface area contributed by atoms with Gasteiger partial charge in [-0.05, 0) is 39.3 Å². The van der Waals surface area contributed by atoms with Crippen LogP contribution in [0.5, 0.6) is 0 Å². The van der Waals surface area contributed by atoms with Crippen molar-refractivity contribution in [2.24, 2.45) is 5.92 Å². The minimum absolute atomic E-state index is 0.244. The highest BCUT2D eigenvalue weighted by atomic mass is 35.5. The zero-order valence-corrected chi connectivity index (χ0v) is 12.5. The molecule has 106 valence electrons. The fourth-order valence-electron chi connectivity index (χ4n) is 2.63. The Labute approximate surface area is 119 Å². The van der Waals surface area contributed by atoms with Gasteiger partial charge in [-0.15, -0.1) is 0 Å². The summed E-state index contributed by atoms with van der Waals surface area (Å²) >= 11 is 6.42. The summed E-state index contributed by atoms with van der Waals surface area (Å²) in [5.41, 5.74) is 2.10. The molecule has 0 spiro atoms. The van der Waals surface area contributed by atoms with E-state index in [1.54, 1.807) is 0 Å². The molecule has 0 N–H and O–H groups in total. The molecule has 5 heteroatoms. The van der Waals surface area contributed by atoms with Crippen LogP contribution in [0.4, 0.5) is 0 Å². The lowest BCUT2D eigenvalue weighted by Crippen LogP contribution is -2.34. The van der Waals surface area contributed by atoms with Gasteiger partial charge in [-0.2, -0.15) is 5.10 Å². The van der Waals surface area contributed by atoms with Crippen LogP contribution >= 0.6 is 11.6 Å². The molecular formula is C14H22ClN3O. The third kappa shape index (κ3) is 3.18. The molecule has 0 radical (unpaired) electrons. The zero-order valence-electron chi connectivity index (χ0n) is 11.7. The minimum Gasteiger partial charge on any atom is -0.303 e. The second-order valence-electron chi connectivity index (χ2n) is 5.13. The molecule has 19 heavy (non-hydrogen) atoms. The maximum atomic E-state index is 10.8. The SMILES string of the molecule is CCc1nn(CC)c(CN2CCC(C=O)CC2)c1Cl. The van der Waals surface area contributed by atoms with Crippen molar-refractivity contribution in [3.8, 4) is 0 Å². The van der Waals surface area contributed by atoms with Gasteiger partial charge in [-0.25, -0.2) is 0 Å². The van der Waals surface area contributed by atoms with Crippen LogP contribution in [0, 0.1) is 5.92 Å². The average Bonchev–Trinajstić information content (AvgIpc) is 2.76. The van der Waals surface area contributed by atoms with Gasteiger partial charge in [0.15, 0.2) is 0 Å². The van der Waals surface area contributed by atoms with E-state index >= 15 is 0 Å². The first-order valence-electron chi connectivity index (χ1n) is 7.11. The smallest absolute Gasteiger partial charge is 0.123 e. The number of hydrogen-bond donors (Lipinski definition) is 0. The third-order valence-corrected chi connectivity index (χ3v) is 4.33. The number of nitrogens with zero attached hydrogens (tertiary/aromatic N) is 3. The van der Waals surface area contributed by atoms with Gasteiger partial charge in [0.25, 0.3) is 0 Å². The van der Waals surface area contributed by atoms with E-state index in [1.165, 1.54) is 0 Å². The number of likely N-dealkylation sites (tertiary alicyclic amines) is 1. The topological polar surface area (TPSA) is 38.1 Å². The van der Waals surface area contributed by atoms with Crippen LogP contribution in [-0.2, 0) is 24.3 Å². The summed E-state index contributed by atoms with van der Waals surface area (Å²) in [4.78, 5) is 13.1. The minimum atomic E-state index is 0.244. The Hall–Kier alpha value is -0.870. The summed E-state index contributed by atoms with van der Waals surface area (Å²) in [6.07, 6.45) is 3.88. The van der Waals surface area contributed by atoms with E-state index in [0.29, 0.717) is 0 Å². The predicted molar refractivity (Wildman–Crippen MR) is 76.4 cm³/mol.